The van der Waals surface area contributed by atoms with E-state index in [2.05, 4.69) is 47.8 Å². The maximum absolute atomic E-state index is 12.2. The number of benzene rings is 2. The van der Waals surface area contributed by atoms with Crippen LogP contribution in [0.25, 0.3) is 0 Å². The van der Waals surface area contributed by atoms with Crippen molar-refractivity contribution in [3.63, 3.8) is 0 Å². The van der Waals surface area contributed by atoms with Gasteiger partial charge in [0.1, 0.15) is 5.75 Å². The van der Waals surface area contributed by atoms with Crippen molar-refractivity contribution in [3.05, 3.63) is 65.2 Å². The topological polar surface area (TPSA) is 9.23 Å². The minimum Gasteiger partial charge on any atom is -0.435 e. The molecule has 1 fully saturated rings. The van der Waals surface area contributed by atoms with Gasteiger partial charge in [-0.05, 0) is 66.6 Å². The lowest BCUT2D eigenvalue weighted by Crippen LogP contribution is -2.15. The second kappa shape index (κ2) is 12.5. The minimum atomic E-state index is -2.80. The lowest BCUT2D eigenvalue weighted by Gasteiger charge is -2.28. The van der Waals surface area contributed by atoms with Crippen molar-refractivity contribution in [2.24, 2.45) is 11.8 Å². The molecule has 31 heavy (non-hydrogen) atoms. The first-order valence-electron chi connectivity index (χ1n) is 11.8. The summed E-state index contributed by atoms with van der Waals surface area (Å²) < 4.78 is 28.8. The van der Waals surface area contributed by atoms with Gasteiger partial charge in [-0.15, -0.1) is 0 Å². The van der Waals surface area contributed by atoms with E-state index in [4.69, 9.17) is 0 Å². The molecule has 1 nitrogen and oxygen atoms in total. The van der Waals surface area contributed by atoms with Crippen molar-refractivity contribution in [2.45, 2.75) is 77.7 Å². The molecule has 0 aliphatic heterocycles. The molecule has 1 aliphatic carbocycles. The van der Waals surface area contributed by atoms with Gasteiger partial charge in [0.05, 0.1) is 0 Å². The first-order valence-corrected chi connectivity index (χ1v) is 11.8. The molecule has 0 N–H and O–H groups in total. The van der Waals surface area contributed by atoms with Gasteiger partial charge in [-0.25, -0.2) is 0 Å². The lowest BCUT2D eigenvalue weighted by molar-refractivity contribution is -0.0498. The first-order chi connectivity index (χ1) is 15.1. The molecular formula is C28H34F2O. The van der Waals surface area contributed by atoms with Crippen molar-refractivity contribution in [1.82, 2.24) is 0 Å². The first kappa shape index (κ1) is 23.3. The van der Waals surface area contributed by atoms with Crippen LogP contribution in [0, 0.1) is 23.7 Å². The maximum atomic E-state index is 12.2. The van der Waals surface area contributed by atoms with Crippen LogP contribution in [-0.2, 0) is 6.42 Å². The predicted molar refractivity (Wildman–Crippen MR) is 123 cm³/mol. The molecule has 0 saturated heterocycles. The summed E-state index contributed by atoms with van der Waals surface area (Å²) in [6.07, 6.45) is 13.7. The number of hydrogen-bond acceptors (Lipinski definition) is 1. The molecule has 3 rings (SSSR count). The maximum Gasteiger partial charge on any atom is 0.387 e. The molecule has 1 saturated carbocycles. The molecule has 0 aromatic heterocycles. The normalized spacial score (nSPS) is 18.5. The van der Waals surface area contributed by atoms with Gasteiger partial charge in [0.15, 0.2) is 0 Å². The fourth-order valence-corrected chi connectivity index (χ4v) is 4.48. The van der Waals surface area contributed by atoms with E-state index in [0.29, 0.717) is 0 Å². The molecule has 0 heterocycles. The van der Waals surface area contributed by atoms with Crippen LogP contribution >= 0.6 is 0 Å². The van der Waals surface area contributed by atoms with Gasteiger partial charge in [-0.3, -0.25) is 0 Å². The highest BCUT2D eigenvalue weighted by atomic mass is 19.3. The summed E-state index contributed by atoms with van der Waals surface area (Å²) in [5.74, 6) is 8.23. The third kappa shape index (κ3) is 8.37. The van der Waals surface area contributed by atoms with Gasteiger partial charge in [0.2, 0.25) is 0 Å². The van der Waals surface area contributed by atoms with Crippen LogP contribution in [0.5, 0.6) is 5.75 Å². The van der Waals surface area contributed by atoms with Crippen molar-refractivity contribution in [1.29, 1.82) is 0 Å². The van der Waals surface area contributed by atoms with Crippen molar-refractivity contribution in [2.75, 3.05) is 0 Å². The fourth-order valence-electron chi connectivity index (χ4n) is 4.48. The lowest BCUT2D eigenvalue weighted by atomic mass is 9.78. The van der Waals surface area contributed by atoms with Crippen LogP contribution in [0.2, 0.25) is 0 Å². The summed E-state index contributed by atoms with van der Waals surface area (Å²) in [4.78, 5) is 0. The summed E-state index contributed by atoms with van der Waals surface area (Å²) in [5.41, 5.74) is 3.12. The Morgan fingerprint density at radius 3 is 1.90 bits per heavy atom. The Kier molecular flexibility index (Phi) is 9.40. The van der Waals surface area contributed by atoms with Gasteiger partial charge in [0.25, 0.3) is 0 Å². The average Bonchev–Trinajstić information content (AvgIpc) is 2.79. The van der Waals surface area contributed by atoms with Crippen LogP contribution in [0.1, 0.15) is 81.4 Å². The van der Waals surface area contributed by atoms with Gasteiger partial charge in [-0.1, -0.05) is 82.3 Å². The Morgan fingerprint density at radius 1 is 0.806 bits per heavy atom. The summed E-state index contributed by atoms with van der Waals surface area (Å²) in [6, 6.07) is 14.9. The number of alkyl halides is 2. The van der Waals surface area contributed by atoms with E-state index < -0.39 is 6.61 Å². The number of unbranched alkanes of at least 4 members (excludes halogenated alkanes) is 2. The van der Waals surface area contributed by atoms with Gasteiger partial charge >= 0.3 is 6.61 Å². The van der Waals surface area contributed by atoms with E-state index in [1.807, 2.05) is 0 Å². The smallest absolute Gasteiger partial charge is 0.387 e. The van der Waals surface area contributed by atoms with Crippen LogP contribution in [-0.4, -0.2) is 6.61 Å². The van der Waals surface area contributed by atoms with E-state index in [1.165, 1.54) is 75.5 Å². The Morgan fingerprint density at radius 2 is 1.35 bits per heavy atom. The van der Waals surface area contributed by atoms with Crippen LogP contribution in [0.3, 0.4) is 0 Å². The van der Waals surface area contributed by atoms with Crippen molar-refractivity contribution >= 4 is 0 Å². The molecule has 3 heteroatoms. The Labute approximate surface area is 186 Å². The fraction of sp³-hybridized carbons (Fsp3) is 0.500. The van der Waals surface area contributed by atoms with E-state index in [-0.39, 0.29) is 5.75 Å². The van der Waals surface area contributed by atoms with Crippen LogP contribution < -0.4 is 4.74 Å². The highest BCUT2D eigenvalue weighted by Crippen LogP contribution is 2.34. The molecule has 0 amide bonds. The van der Waals surface area contributed by atoms with Crippen LogP contribution in [0.4, 0.5) is 8.78 Å². The minimum absolute atomic E-state index is 0.148. The second-order valence-electron chi connectivity index (χ2n) is 8.77. The average molecular weight is 425 g/mol. The molecule has 0 radical (unpaired) electrons. The van der Waals surface area contributed by atoms with E-state index in [1.54, 1.807) is 12.1 Å². The van der Waals surface area contributed by atoms with Crippen molar-refractivity contribution < 1.29 is 13.5 Å². The molecule has 0 bridgehead atoms. The summed E-state index contributed by atoms with van der Waals surface area (Å²) in [7, 11) is 0. The summed E-state index contributed by atoms with van der Waals surface area (Å²) in [6.45, 7) is -0.522. The standard InChI is InChI=1S/C28H34F2O/c1-2-3-4-5-22-6-8-23(9-7-22)10-11-24-12-14-25(15-13-24)16-17-26-18-20-27(21-19-26)31-28(29)30/h12-15,18-23,28H,2-11H2,1H3. The van der Waals surface area contributed by atoms with Crippen molar-refractivity contribution in [3.8, 4) is 17.6 Å². The van der Waals surface area contributed by atoms with Gasteiger partial charge in [0, 0.05) is 11.1 Å². The third-order valence-corrected chi connectivity index (χ3v) is 6.41. The Balaban J connectivity index is 1.41. The zero-order valence-electron chi connectivity index (χ0n) is 18.6. The van der Waals surface area contributed by atoms with Crippen LogP contribution in [0.15, 0.2) is 48.5 Å². The summed E-state index contributed by atoms with van der Waals surface area (Å²) in [5, 5.41) is 0. The number of halogens is 2. The second-order valence-corrected chi connectivity index (χ2v) is 8.77. The highest BCUT2D eigenvalue weighted by molar-refractivity contribution is 5.44. The third-order valence-electron chi connectivity index (χ3n) is 6.41. The molecule has 0 spiro atoms. The number of aryl methyl sites for hydroxylation is 1. The SMILES string of the molecule is CCCCCC1CCC(CCc2ccc(C#Cc3ccc(OC(F)F)cc3)cc2)CC1. The number of rotatable bonds is 9. The Bertz CT molecular complexity index is 822. The largest absolute Gasteiger partial charge is 0.435 e. The highest BCUT2D eigenvalue weighted by Gasteiger charge is 2.20. The molecule has 0 atom stereocenters. The number of hydrogen-bond donors (Lipinski definition) is 0. The van der Waals surface area contributed by atoms with E-state index in [9.17, 15) is 8.78 Å². The number of ether oxygens (including phenoxy) is 1. The van der Waals surface area contributed by atoms with E-state index >= 15 is 0 Å². The predicted octanol–water partition coefficient (Wildman–Crippen LogP) is 8.01. The molecule has 2 aromatic carbocycles. The van der Waals surface area contributed by atoms with E-state index in [0.717, 1.165) is 29.4 Å². The summed E-state index contributed by atoms with van der Waals surface area (Å²) >= 11 is 0. The monoisotopic (exact) mass is 424 g/mol. The molecule has 2 aromatic rings. The van der Waals surface area contributed by atoms with Gasteiger partial charge in [-0.2, -0.15) is 8.78 Å². The molecule has 1 aliphatic rings. The Hall–Kier alpha value is -2.34. The molecule has 0 unspecified atom stereocenters. The molecule has 166 valence electrons. The molecular weight excluding hydrogens is 390 g/mol. The zero-order valence-corrected chi connectivity index (χ0v) is 18.6. The quantitative estimate of drug-likeness (QED) is 0.293. The van der Waals surface area contributed by atoms with Gasteiger partial charge < -0.3 is 4.74 Å². The zero-order chi connectivity index (χ0) is 21.9.